The summed E-state index contributed by atoms with van der Waals surface area (Å²) in [4.78, 5) is 32.2. The molecule has 0 radical (unpaired) electrons. The van der Waals surface area contributed by atoms with Crippen LogP contribution in [-0.2, 0) is 22.3 Å². The van der Waals surface area contributed by atoms with Crippen molar-refractivity contribution in [1.29, 1.82) is 0 Å². The maximum Gasteiger partial charge on any atom is 0.416 e. The predicted molar refractivity (Wildman–Crippen MR) is 128 cm³/mol. The van der Waals surface area contributed by atoms with Gasteiger partial charge in [0.2, 0.25) is 11.8 Å². The molecule has 0 aliphatic rings. The smallest absolute Gasteiger partial charge is 0.332 e. The largest absolute Gasteiger partial charge is 0.416 e. The Hall–Kier alpha value is -3.46. The molecule has 0 saturated carbocycles. The van der Waals surface area contributed by atoms with E-state index < -0.39 is 17.6 Å². The second-order valence-electron chi connectivity index (χ2n) is 7.84. The monoisotopic (exact) mass is 487 g/mol. The Labute approximate surface area is 200 Å². The average Bonchev–Trinajstić information content (AvgIpc) is 3.24. The first-order valence-electron chi connectivity index (χ1n) is 10.5. The Morgan fingerprint density at radius 3 is 2.41 bits per heavy atom. The highest BCUT2D eigenvalue weighted by Gasteiger charge is 2.31. The third kappa shape index (κ3) is 6.32. The summed E-state index contributed by atoms with van der Waals surface area (Å²) in [6.45, 7) is 5.56. The van der Waals surface area contributed by atoms with Gasteiger partial charge in [0, 0.05) is 31.0 Å². The lowest BCUT2D eigenvalue weighted by atomic mass is 10.2. The minimum Gasteiger partial charge on any atom is -0.332 e. The minimum absolute atomic E-state index is 0.0301. The molecule has 0 bridgehead atoms. The fraction of sp³-hybridized carbons (Fsp3) is 0.240. The van der Waals surface area contributed by atoms with Gasteiger partial charge in [0.1, 0.15) is 0 Å². The zero-order chi connectivity index (χ0) is 24.9. The Bertz CT molecular complexity index is 1170. The van der Waals surface area contributed by atoms with E-state index in [1.807, 2.05) is 44.2 Å². The Balaban J connectivity index is 1.80. The van der Waals surface area contributed by atoms with Crippen molar-refractivity contribution in [1.82, 2.24) is 9.88 Å². The van der Waals surface area contributed by atoms with Crippen molar-refractivity contribution in [2.45, 2.75) is 39.5 Å². The number of carbonyl (C=O) groups is 2. The van der Waals surface area contributed by atoms with Crippen LogP contribution in [0.1, 0.15) is 37.6 Å². The van der Waals surface area contributed by atoms with E-state index in [-0.39, 0.29) is 22.8 Å². The fourth-order valence-electron chi connectivity index (χ4n) is 3.25. The van der Waals surface area contributed by atoms with Gasteiger partial charge in [-0.2, -0.15) is 13.2 Å². The number of carbonyl (C=O) groups excluding carboxylic acids is 2. The molecule has 0 N–H and O–H groups in total. The summed E-state index contributed by atoms with van der Waals surface area (Å²) >= 11 is 1.10. The lowest BCUT2D eigenvalue weighted by Gasteiger charge is -2.25. The molecule has 178 valence electrons. The van der Waals surface area contributed by atoms with Crippen LogP contribution in [-0.4, -0.2) is 27.7 Å². The Kier molecular flexibility index (Phi) is 7.88. The summed E-state index contributed by atoms with van der Waals surface area (Å²) in [6.07, 6.45) is -1.59. The highest BCUT2D eigenvalue weighted by molar-refractivity contribution is 7.14. The van der Waals surface area contributed by atoms with Gasteiger partial charge in [-0.15, -0.1) is 11.3 Å². The molecule has 0 atom stereocenters. The van der Waals surface area contributed by atoms with Crippen LogP contribution in [0, 0.1) is 0 Å². The molecule has 3 rings (SSSR count). The summed E-state index contributed by atoms with van der Waals surface area (Å²) in [6, 6.07) is 14.1. The van der Waals surface area contributed by atoms with E-state index in [1.54, 1.807) is 10.3 Å². The minimum atomic E-state index is -4.53. The van der Waals surface area contributed by atoms with Crippen molar-refractivity contribution in [2.75, 3.05) is 4.90 Å². The number of hydrogen-bond acceptors (Lipinski definition) is 4. The van der Waals surface area contributed by atoms with Gasteiger partial charge < -0.3 is 4.90 Å². The van der Waals surface area contributed by atoms with Crippen LogP contribution in [0.4, 0.5) is 24.0 Å². The van der Waals surface area contributed by atoms with Gasteiger partial charge in [0.05, 0.1) is 16.9 Å². The second-order valence-corrected chi connectivity index (χ2v) is 8.67. The first-order valence-corrected chi connectivity index (χ1v) is 11.4. The van der Waals surface area contributed by atoms with Gasteiger partial charge in [-0.1, -0.05) is 36.4 Å². The van der Waals surface area contributed by atoms with Crippen LogP contribution in [0.15, 0.2) is 66.1 Å². The van der Waals surface area contributed by atoms with E-state index >= 15 is 0 Å². The zero-order valence-electron chi connectivity index (χ0n) is 18.9. The van der Waals surface area contributed by atoms with Crippen LogP contribution in [0.25, 0.3) is 6.08 Å². The quantitative estimate of drug-likeness (QED) is 0.368. The third-order valence-corrected chi connectivity index (χ3v) is 5.79. The number of nitrogens with zero attached hydrogens (tertiary/aromatic N) is 3. The van der Waals surface area contributed by atoms with Gasteiger partial charge in [-0.25, -0.2) is 4.98 Å². The molecule has 0 aliphatic carbocycles. The average molecular weight is 488 g/mol. The number of amides is 2. The Morgan fingerprint density at radius 2 is 1.79 bits per heavy atom. The fourth-order valence-corrected chi connectivity index (χ4v) is 4.11. The molecule has 1 aromatic heterocycles. The van der Waals surface area contributed by atoms with E-state index in [0.717, 1.165) is 33.9 Å². The first-order chi connectivity index (χ1) is 16.1. The summed E-state index contributed by atoms with van der Waals surface area (Å²) in [5.41, 5.74) is 0.643. The normalized spacial score (nSPS) is 11.7. The molecule has 0 aliphatic heterocycles. The number of benzene rings is 2. The topological polar surface area (TPSA) is 53.5 Å². The summed E-state index contributed by atoms with van der Waals surface area (Å²) < 4.78 is 39.3. The molecule has 0 fully saturated rings. The second kappa shape index (κ2) is 10.6. The first kappa shape index (κ1) is 25.2. The van der Waals surface area contributed by atoms with Crippen LogP contribution < -0.4 is 4.90 Å². The van der Waals surface area contributed by atoms with Crippen molar-refractivity contribution in [3.63, 3.8) is 0 Å². The molecule has 0 unspecified atom stereocenters. The molecule has 34 heavy (non-hydrogen) atoms. The van der Waals surface area contributed by atoms with Crippen molar-refractivity contribution in [3.8, 4) is 0 Å². The number of hydrogen-bond donors (Lipinski definition) is 0. The maximum atomic E-state index is 13.1. The highest BCUT2D eigenvalue weighted by Crippen LogP contribution is 2.35. The van der Waals surface area contributed by atoms with Gasteiger partial charge in [-0.05, 0) is 43.7 Å². The van der Waals surface area contributed by atoms with E-state index in [0.29, 0.717) is 12.2 Å². The predicted octanol–water partition coefficient (Wildman–Crippen LogP) is 6.30. The van der Waals surface area contributed by atoms with Crippen molar-refractivity contribution >= 4 is 40.0 Å². The van der Waals surface area contributed by atoms with E-state index in [9.17, 15) is 22.8 Å². The van der Waals surface area contributed by atoms with Crippen LogP contribution in [0.5, 0.6) is 0 Å². The van der Waals surface area contributed by atoms with Crippen LogP contribution in [0.3, 0.4) is 0 Å². The Morgan fingerprint density at radius 1 is 1.09 bits per heavy atom. The van der Waals surface area contributed by atoms with Crippen molar-refractivity contribution < 1.29 is 22.8 Å². The standard InChI is InChI=1S/C25H24F3N3O2S/c1-17(2)30(15-19-8-5-4-6-9-19)23(33)13-12-21-16-34-24(29-21)31(18(3)32)22-11-7-10-20(14-22)25(26,27)28/h4-14,16-17H,15H2,1-3H3/b13-12+. The summed E-state index contributed by atoms with van der Waals surface area (Å²) in [5, 5.41) is 1.85. The van der Waals surface area contributed by atoms with Gasteiger partial charge in [0.25, 0.3) is 0 Å². The van der Waals surface area contributed by atoms with Crippen molar-refractivity contribution in [3.05, 3.63) is 82.9 Å². The molecular weight excluding hydrogens is 463 g/mol. The molecule has 9 heteroatoms. The third-order valence-electron chi connectivity index (χ3n) is 4.95. The lowest BCUT2D eigenvalue weighted by molar-refractivity contribution is -0.137. The molecule has 0 saturated heterocycles. The maximum absolute atomic E-state index is 13.1. The zero-order valence-corrected chi connectivity index (χ0v) is 19.7. The van der Waals surface area contributed by atoms with Crippen molar-refractivity contribution in [2.24, 2.45) is 0 Å². The molecule has 0 spiro atoms. The number of alkyl halides is 3. The molecule has 2 amide bonds. The molecular formula is C25H24F3N3O2S. The van der Waals surface area contributed by atoms with E-state index in [1.165, 1.54) is 31.2 Å². The number of rotatable bonds is 7. The number of thiazole rings is 1. The number of halogens is 3. The lowest BCUT2D eigenvalue weighted by Crippen LogP contribution is -2.35. The summed E-state index contributed by atoms with van der Waals surface area (Å²) in [5.74, 6) is -0.677. The van der Waals surface area contributed by atoms with E-state index in [2.05, 4.69) is 4.98 Å². The van der Waals surface area contributed by atoms with Crippen LogP contribution >= 0.6 is 11.3 Å². The summed E-state index contributed by atoms with van der Waals surface area (Å²) in [7, 11) is 0. The molecule has 2 aromatic carbocycles. The van der Waals surface area contributed by atoms with E-state index in [4.69, 9.17) is 0 Å². The molecule has 5 nitrogen and oxygen atoms in total. The SMILES string of the molecule is CC(=O)N(c1cccc(C(F)(F)F)c1)c1nc(/C=C/C(=O)N(Cc2ccccc2)C(C)C)cs1. The molecule has 3 aromatic rings. The van der Waals surface area contributed by atoms with Gasteiger partial charge >= 0.3 is 6.18 Å². The highest BCUT2D eigenvalue weighted by atomic mass is 32.1. The molecule has 1 heterocycles. The van der Waals surface area contributed by atoms with Gasteiger partial charge in [-0.3, -0.25) is 14.5 Å². The number of anilines is 2. The number of aromatic nitrogens is 1. The van der Waals surface area contributed by atoms with Gasteiger partial charge in [0.15, 0.2) is 5.13 Å². The van der Waals surface area contributed by atoms with Crippen LogP contribution in [0.2, 0.25) is 0 Å².